The summed E-state index contributed by atoms with van der Waals surface area (Å²) in [6, 6.07) is 1.51. The molecule has 1 fully saturated rings. The highest BCUT2D eigenvalue weighted by atomic mass is 32.2. The van der Waals surface area contributed by atoms with Gasteiger partial charge in [0.1, 0.15) is 0 Å². The summed E-state index contributed by atoms with van der Waals surface area (Å²) in [4.78, 5) is 0. The summed E-state index contributed by atoms with van der Waals surface area (Å²) in [6.07, 6.45) is 11.9. The van der Waals surface area contributed by atoms with Gasteiger partial charge in [0, 0.05) is 17.3 Å². The molecule has 0 amide bonds. The van der Waals surface area contributed by atoms with Crippen molar-refractivity contribution >= 4 is 11.8 Å². The van der Waals surface area contributed by atoms with E-state index >= 15 is 0 Å². The largest absolute Gasteiger partial charge is 0.311 e. The average Bonchev–Trinajstić information content (AvgIpc) is 2.26. The van der Waals surface area contributed by atoms with Crippen LogP contribution < -0.4 is 5.32 Å². The first-order chi connectivity index (χ1) is 7.26. The van der Waals surface area contributed by atoms with Crippen LogP contribution in [0.4, 0.5) is 0 Å². The van der Waals surface area contributed by atoms with Gasteiger partial charge in [-0.15, -0.1) is 0 Å². The van der Waals surface area contributed by atoms with Crippen molar-refractivity contribution in [3.8, 4) is 0 Å². The second-order valence-corrected chi connectivity index (χ2v) is 6.07. The lowest BCUT2D eigenvalue weighted by atomic mass is 9.94. The summed E-state index contributed by atoms with van der Waals surface area (Å²) < 4.78 is 0. The van der Waals surface area contributed by atoms with E-state index < -0.39 is 0 Å². The number of rotatable bonds is 6. The Bertz CT molecular complexity index is 161. The van der Waals surface area contributed by atoms with Crippen molar-refractivity contribution in [3.63, 3.8) is 0 Å². The van der Waals surface area contributed by atoms with Crippen LogP contribution in [0.3, 0.4) is 0 Å². The molecule has 1 saturated carbocycles. The van der Waals surface area contributed by atoms with Gasteiger partial charge in [-0.1, -0.05) is 26.2 Å². The molecule has 0 heterocycles. The normalized spacial score (nSPS) is 29.0. The highest BCUT2D eigenvalue weighted by Gasteiger charge is 2.21. The highest BCUT2D eigenvalue weighted by molar-refractivity contribution is 7.99. The fourth-order valence-corrected chi connectivity index (χ4v) is 3.33. The van der Waals surface area contributed by atoms with Gasteiger partial charge in [-0.3, -0.25) is 0 Å². The van der Waals surface area contributed by atoms with Crippen molar-refractivity contribution in [1.29, 1.82) is 0 Å². The molecule has 0 radical (unpaired) electrons. The molecule has 1 nitrogen and oxygen atoms in total. The van der Waals surface area contributed by atoms with Crippen LogP contribution in [0.5, 0.6) is 0 Å². The molecule has 1 aliphatic rings. The minimum absolute atomic E-state index is 0.718. The molecule has 1 N–H and O–H groups in total. The zero-order valence-corrected chi connectivity index (χ0v) is 11.4. The van der Waals surface area contributed by atoms with Crippen molar-refractivity contribution in [2.24, 2.45) is 0 Å². The first kappa shape index (κ1) is 13.4. The Labute approximate surface area is 99.8 Å². The Balaban J connectivity index is 2.19. The lowest BCUT2D eigenvalue weighted by molar-refractivity contribution is 0.339. The Morgan fingerprint density at radius 1 is 1.40 bits per heavy atom. The first-order valence-corrected chi connectivity index (χ1v) is 7.83. The molecular formula is C13H27NS. The molecule has 0 saturated heterocycles. The van der Waals surface area contributed by atoms with Crippen LogP contribution in [0.15, 0.2) is 0 Å². The van der Waals surface area contributed by atoms with E-state index in [1.54, 1.807) is 0 Å². The van der Waals surface area contributed by atoms with E-state index in [-0.39, 0.29) is 0 Å². The topological polar surface area (TPSA) is 12.0 Å². The van der Waals surface area contributed by atoms with Crippen molar-refractivity contribution in [1.82, 2.24) is 5.32 Å². The predicted molar refractivity (Wildman–Crippen MR) is 71.7 cm³/mol. The minimum atomic E-state index is 0.718. The third-order valence-corrected chi connectivity index (χ3v) is 4.57. The van der Waals surface area contributed by atoms with Gasteiger partial charge in [-0.05, 0) is 38.9 Å². The van der Waals surface area contributed by atoms with E-state index in [1.807, 2.05) is 0 Å². The fraction of sp³-hybridized carbons (Fsp3) is 1.00. The summed E-state index contributed by atoms with van der Waals surface area (Å²) in [5, 5.41) is 4.72. The van der Waals surface area contributed by atoms with Crippen molar-refractivity contribution in [3.05, 3.63) is 0 Å². The van der Waals surface area contributed by atoms with Gasteiger partial charge in [0.25, 0.3) is 0 Å². The van der Waals surface area contributed by atoms with Gasteiger partial charge in [0.2, 0.25) is 0 Å². The second kappa shape index (κ2) is 7.56. The number of thioether (sulfide) groups is 1. The Hall–Kier alpha value is 0.310. The number of unbranched alkanes of at least 4 members (excludes halogenated alkanes) is 1. The van der Waals surface area contributed by atoms with Crippen molar-refractivity contribution in [2.75, 3.05) is 6.26 Å². The van der Waals surface area contributed by atoms with Crippen LogP contribution in [0.1, 0.15) is 58.8 Å². The summed E-state index contributed by atoms with van der Waals surface area (Å²) >= 11 is 2.05. The third-order valence-electron chi connectivity index (χ3n) is 3.47. The maximum atomic E-state index is 3.80. The molecule has 3 unspecified atom stereocenters. The van der Waals surface area contributed by atoms with E-state index in [0.29, 0.717) is 0 Å². The summed E-state index contributed by atoms with van der Waals surface area (Å²) in [6.45, 7) is 4.62. The van der Waals surface area contributed by atoms with E-state index in [0.717, 1.165) is 17.3 Å². The smallest absolute Gasteiger partial charge is 0.00800 e. The van der Waals surface area contributed by atoms with Crippen LogP contribution in [0.25, 0.3) is 0 Å². The Morgan fingerprint density at radius 3 is 2.87 bits per heavy atom. The highest BCUT2D eigenvalue weighted by Crippen LogP contribution is 2.27. The molecule has 0 aromatic carbocycles. The summed E-state index contributed by atoms with van der Waals surface area (Å²) in [5.74, 6) is 0. The fourth-order valence-electron chi connectivity index (χ4n) is 2.51. The van der Waals surface area contributed by atoms with E-state index in [1.165, 1.54) is 44.9 Å². The number of nitrogens with one attached hydrogen (secondary N) is 1. The Morgan fingerprint density at radius 2 is 2.20 bits per heavy atom. The van der Waals surface area contributed by atoms with E-state index in [2.05, 4.69) is 37.2 Å². The summed E-state index contributed by atoms with van der Waals surface area (Å²) in [5.41, 5.74) is 0. The molecular weight excluding hydrogens is 202 g/mol. The molecule has 1 rings (SSSR count). The molecule has 3 atom stereocenters. The van der Waals surface area contributed by atoms with Gasteiger partial charge >= 0.3 is 0 Å². The predicted octanol–water partition coefficient (Wildman–Crippen LogP) is 3.83. The molecule has 2 heteroatoms. The van der Waals surface area contributed by atoms with Crippen molar-refractivity contribution in [2.45, 2.75) is 76.1 Å². The lowest BCUT2D eigenvalue weighted by Gasteiger charge is -2.31. The number of hydrogen-bond acceptors (Lipinski definition) is 2. The molecule has 0 aliphatic heterocycles. The minimum Gasteiger partial charge on any atom is -0.311 e. The van der Waals surface area contributed by atoms with Crippen molar-refractivity contribution < 1.29 is 0 Å². The Kier molecular flexibility index (Phi) is 6.74. The summed E-state index contributed by atoms with van der Waals surface area (Å²) in [7, 11) is 0. The molecule has 15 heavy (non-hydrogen) atoms. The van der Waals surface area contributed by atoms with E-state index in [4.69, 9.17) is 0 Å². The van der Waals surface area contributed by atoms with Gasteiger partial charge in [-0.25, -0.2) is 0 Å². The monoisotopic (exact) mass is 229 g/mol. The van der Waals surface area contributed by atoms with Crippen LogP contribution in [0, 0.1) is 0 Å². The van der Waals surface area contributed by atoms with Crippen LogP contribution in [-0.4, -0.2) is 23.6 Å². The zero-order chi connectivity index (χ0) is 11.1. The van der Waals surface area contributed by atoms with Gasteiger partial charge in [0.15, 0.2) is 0 Å². The number of hydrogen-bond donors (Lipinski definition) is 1. The maximum Gasteiger partial charge on any atom is 0.00800 e. The standard InChI is InChI=1S/C13H27NS/c1-4-5-7-11(2)14-12-8-6-9-13(10-12)15-3/h11-14H,4-10H2,1-3H3. The van der Waals surface area contributed by atoms with Crippen LogP contribution in [-0.2, 0) is 0 Å². The maximum absolute atomic E-state index is 3.80. The first-order valence-electron chi connectivity index (χ1n) is 6.55. The molecule has 0 bridgehead atoms. The van der Waals surface area contributed by atoms with E-state index in [9.17, 15) is 0 Å². The van der Waals surface area contributed by atoms with Crippen LogP contribution >= 0.6 is 11.8 Å². The molecule has 0 spiro atoms. The van der Waals surface area contributed by atoms with Crippen LogP contribution in [0.2, 0.25) is 0 Å². The molecule has 0 aromatic heterocycles. The molecule has 90 valence electrons. The molecule has 0 aromatic rings. The average molecular weight is 229 g/mol. The third kappa shape index (κ3) is 5.26. The van der Waals surface area contributed by atoms with Gasteiger partial charge < -0.3 is 5.32 Å². The van der Waals surface area contributed by atoms with Gasteiger partial charge in [-0.2, -0.15) is 11.8 Å². The van der Waals surface area contributed by atoms with Gasteiger partial charge in [0.05, 0.1) is 0 Å². The quantitative estimate of drug-likeness (QED) is 0.743. The molecule has 1 aliphatic carbocycles. The second-order valence-electron chi connectivity index (χ2n) is 4.93. The zero-order valence-electron chi connectivity index (χ0n) is 10.6. The SMILES string of the molecule is CCCCC(C)NC1CCCC(SC)C1. The lowest BCUT2D eigenvalue weighted by Crippen LogP contribution is -2.40.